The summed E-state index contributed by atoms with van der Waals surface area (Å²) >= 11 is 0. The van der Waals surface area contributed by atoms with Crippen LogP contribution in [0.4, 0.5) is 5.82 Å². The van der Waals surface area contributed by atoms with Crippen molar-refractivity contribution in [3.05, 3.63) is 35.9 Å². The Morgan fingerprint density at radius 3 is 2.38 bits per heavy atom. The molecule has 0 aliphatic heterocycles. The Hall–Kier alpha value is -1.99. The van der Waals surface area contributed by atoms with Crippen LogP contribution in [-0.2, 0) is 16.4 Å². The van der Waals surface area contributed by atoms with Crippen LogP contribution in [0.25, 0.3) is 11.3 Å². The molecule has 140 valence electrons. The van der Waals surface area contributed by atoms with E-state index in [9.17, 15) is 8.42 Å². The fraction of sp³-hybridized carbons (Fsp3) is 0.474. The highest BCUT2D eigenvalue weighted by atomic mass is 32.2. The van der Waals surface area contributed by atoms with E-state index in [1.165, 1.54) is 38.5 Å². The number of anilines is 1. The highest BCUT2D eigenvalue weighted by Crippen LogP contribution is 2.25. The Morgan fingerprint density at radius 1 is 1.08 bits per heavy atom. The van der Waals surface area contributed by atoms with Gasteiger partial charge in [-0.3, -0.25) is 0 Å². The minimum absolute atomic E-state index is 0.153. The second kappa shape index (κ2) is 8.14. The Labute approximate surface area is 155 Å². The molecule has 1 saturated carbocycles. The second-order valence-corrected chi connectivity index (χ2v) is 8.39. The Balaban J connectivity index is 1.80. The molecule has 0 saturated heterocycles. The molecule has 0 unspecified atom stereocenters. The molecule has 1 fully saturated rings. The van der Waals surface area contributed by atoms with Gasteiger partial charge in [0.1, 0.15) is 5.82 Å². The molecule has 1 heterocycles. The van der Waals surface area contributed by atoms with Crippen molar-refractivity contribution in [1.29, 1.82) is 0 Å². The van der Waals surface area contributed by atoms with E-state index < -0.39 is 10.0 Å². The van der Waals surface area contributed by atoms with E-state index in [2.05, 4.69) is 15.5 Å². The van der Waals surface area contributed by atoms with Crippen molar-refractivity contribution in [2.45, 2.75) is 62.8 Å². The first-order valence-corrected chi connectivity index (χ1v) is 10.8. The number of hydrogen-bond acceptors (Lipinski definition) is 5. The van der Waals surface area contributed by atoms with Crippen molar-refractivity contribution >= 4 is 15.8 Å². The smallest absolute Gasteiger partial charge is 0.238 e. The van der Waals surface area contributed by atoms with Crippen molar-refractivity contribution in [1.82, 2.24) is 10.2 Å². The number of sulfonamides is 1. The third-order valence-electron chi connectivity index (χ3n) is 4.92. The van der Waals surface area contributed by atoms with Crippen molar-refractivity contribution < 1.29 is 8.42 Å². The Bertz CT molecular complexity index is 842. The van der Waals surface area contributed by atoms with Gasteiger partial charge in [-0.1, -0.05) is 44.7 Å². The fourth-order valence-electron chi connectivity index (χ4n) is 3.47. The molecule has 1 aromatic heterocycles. The lowest BCUT2D eigenvalue weighted by Gasteiger charge is -2.16. The number of aryl methyl sites for hydroxylation is 1. The molecule has 6 nitrogen and oxygen atoms in total. The molecular formula is C19H26N4O2S. The second-order valence-electron chi connectivity index (χ2n) is 6.86. The molecule has 0 atom stereocenters. The first kappa shape index (κ1) is 18.8. The van der Waals surface area contributed by atoms with Gasteiger partial charge in [-0.05, 0) is 43.0 Å². The summed E-state index contributed by atoms with van der Waals surface area (Å²) in [5, 5.41) is 17.4. The van der Waals surface area contributed by atoms with E-state index in [0.29, 0.717) is 29.3 Å². The summed E-state index contributed by atoms with van der Waals surface area (Å²) in [4.78, 5) is 0.153. The summed E-state index contributed by atoms with van der Waals surface area (Å²) in [6.45, 7) is 1.90. The number of primary sulfonamides is 1. The van der Waals surface area contributed by atoms with Gasteiger partial charge in [-0.2, -0.15) is 0 Å². The van der Waals surface area contributed by atoms with Crippen LogP contribution in [0.15, 0.2) is 35.2 Å². The van der Waals surface area contributed by atoms with Gasteiger partial charge in [-0.25, -0.2) is 13.6 Å². The summed E-state index contributed by atoms with van der Waals surface area (Å²) in [5.74, 6) is 0.762. The summed E-state index contributed by atoms with van der Waals surface area (Å²) in [7, 11) is -3.77. The fourth-order valence-corrected chi connectivity index (χ4v) is 4.34. The van der Waals surface area contributed by atoms with E-state index in [1.54, 1.807) is 12.1 Å². The minimum Gasteiger partial charge on any atom is -0.366 e. The maximum Gasteiger partial charge on any atom is 0.238 e. The number of rotatable bonds is 5. The zero-order chi connectivity index (χ0) is 18.6. The molecule has 0 amide bonds. The molecule has 26 heavy (non-hydrogen) atoms. The van der Waals surface area contributed by atoms with E-state index in [4.69, 9.17) is 5.14 Å². The largest absolute Gasteiger partial charge is 0.366 e. The lowest BCUT2D eigenvalue weighted by atomic mass is 10.1. The first-order chi connectivity index (χ1) is 12.5. The summed E-state index contributed by atoms with van der Waals surface area (Å²) in [6.07, 6.45) is 8.06. The molecule has 1 aliphatic carbocycles. The zero-order valence-corrected chi connectivity index (χ0v) is 15.9. The first-order valence-electron chi connectivity index (χ1n) is 9.23. The van der Waals surface area contributed by atoms with Crippen LogP contribution >= 0.6 is 0 Å². The maximum absolute atomic E-state index is 11.8. The maximum atomic E-state index is 11.8. The lowest BCUT2D eigenvalue weighted by Crippen LogP contribution is -2.19. The van der Waals surface area contributed by atoms with E-state index in [-0.39, 0.29) is 4.90 Å². The van der Waals surface area contributed by atoms with Gasteiger partial charge in [0.05, 0.1) is 10.6 Å². The van der Waals surface area contributed by atoms with Crippen molar-refractivity contribution in [3.8, 4) is 11.3 Å². The molecular weight excluding hydrogens is 348 g/mol. The monoisotopic (exact) mass is 374 g/mol. The number of aromatic nitrogens is 2. The summed E-state index contributed by atoms with van der Waals surface area (Å²) in [6, 6.07) is 9.44. The van der Waals surface area contributed by atoms with Crippen LogP contribution in [0.3, 0.4) is 0 Å². The van der Waals surface area contributed by atoms with Crippen LogP contribution in [0.1, 0.15) is 51.0 Å². The van der Waals surface area contributed by atoms with Gasteiger partial charge in [0.2, 0.25) is 10.0 Å². The highest BCUT2D eigenvalue weighted by molar-refractivity contribution is 7.89. The molecule has 1 aromatic carbocycles. The number of hydrogen-bond donors (Lipinski definition) is 2. The van der Waals surface area contributed by atoms with Crippen LogP contribution in [0.2, 0.25) is 0 Å². The lowest BCUT2D eigenvalue weighted by molar-refractivity contribution is 0.596. The van der Waals surface area contributed by atoms with Crippen LogP contribution in [0, 0.1) is 0 Å². The number of nitrogens with zero attached hydrogens (tertiary/aromatic N) is 2. The average molecular weight is 375 g/mol. The van der Waals surface area contributed by atoms with Gasteiger partial charge in [0, 0.05) is 11.6 Å². The predicted octanol–water partition coefficient (Wildman–Crippen LogP) is 3.49. The van der Waals surface area contributed by atoms with Gasteiger partial charge in [0.25, 0.3) is 0 Å². The van der Waals surface area contributed by atoms with Crippen LogP contribution in [-0.4, -0.2) is 24.7 Å². The Kier molecular flexibility index (Phi) is 5.88. The van der Waals surface area contributed by atoms with Crippen molar-refractivity contribution in [2.75, 3.05) is 5.32 Å². The third kappa shape index (κ3) is 4.59. The van der Waals surface area contributed by atoms with Crippen molar-refractivity contribution in [2.24, 2.45) is 5.14 Å². The topological polar surface area (TPSA) is 98.0 Å². The SMILES string of the molecule is CCc1ccc(-c2ccc(NC3CCCCCC3)nn2)cc1S(N)(=O)=O. The average Bonchev–Trinajstić information content (AvgIpc) is 2.90. The molecule has 0 spiro atoms. The van der Waals surface area contributed by atoms with E-state index in [0.717, 1.165) is 5.82 Å². The normalized spacial score (nSPS) is 16.2. The molecule has 3 N–H and O–H groups in total. The number of nitrogens with two attached hydrogens (primary N) is 1. The zero-order valence-electron chi connectivity index (χ0n) is 15.1. The number of benzene rings is 1. The third-order valence-corrected chi connectivity index (χ3v) is 5.92. The molecule has 3 rings (SSSR count). The van der Waals surface area contributed by atoms with Gasteiger partial charge in [0.15, 0.2) is 0 Å². The predicted molar refractivity (Wildman–Crippen MR) is 103 cm³/mol. The molecule has 7 heteroatoms. The van der Waals surface area contributed by atoms with Gasteiger partial charge in [-0.15, -0.1) is 10.2 Å². The molecule has 0 bridgehead atoms. The van der Waals surface area contributed by atoms with E-state index >= 15 is 0 Å². The molecule has 1 aliphatic rings. The van der Waals surface area contributed by atoms with Crippen molar-refractivity contribution in [3.63, 3.8) is 0 Å². The van der Waals surface area contributed by atoms with Crippen LogP contribution in [0.5, 0.6) is 0 Å². The van der Waals surface area contributed by atoms with Gasteiger partial charge >= 0.3 is 0 Å². The molecule has 2 aromatic rings. The van der Waals surface area contributed by atoms with Gasteiger partial charge < -0.3 is 5.32 Å². The van der Waals surface area contributed by atoms with Crippen LogP contribution < -0.4 is 10.5 Å². The number of nitrogens with one attached hydrogen (secondary N) is 1. The minimum atomic E-state index is -3.77. The summed E-state index contributed by atoms with van der Waals surface area (Å²) < 4.78 is 23.7. The highest BCUT2D eigenvalue weighted by Gasteiger charge is 2.16. The van der Waals surface area contributed by atoms with E-state index in [1.807, 2.05) is 25.1 Å². The quantitative estimate of drug-likeness (QED) is 0.781. The standard InChI is InChI=1S/C19H26N4O2S/c1-2-14-9-10-15(13-18(14)26(20,24)25)17-11-12-19(23-22-17)21-16-7-5-3-4-6-8-16/h9-13,16H,2-8H2,1H3,(H,21,23)(H2,20,24,25). The summed E-state index contributed by atoms with van der Waals surface area (Å²) in [5.41, 5.74) is 2.03. The molecule has 0 radical (unpaired) electrons. The Morgan fingerprint density at radius 2 is 1.81 bits per heavy atom.